The molecular formula is C11H15N3O. The van der Waals surface area contributed by atoms with Crippen molar-refractivity contribution in [1.29, 1.82) is 0 Å². The Kier molecular flexibility index (Phi) is 2.60. The molecule has 0 aliphatic rings. The molecule has 0 aliphatic carbocycles. The van der Waals surface area contributed by atoms with Crippen LogP contribution in [0.3, 0.4) is 0 Å². The second-order valence-corrected chi connectivity index (χ2v) is 3.66. The Labute approximate surface area is 88.9 Å². The maximum absolute atomic E-state index is 5.31. The molecule has 15 heavy (non-hydrogen) atoms. The molecule has 2 heterocycles. The van der Waals surface area contributed by atoms with E-state index in [2.05, 4.69) is 10.4 Å². The van der Waals surface area contributed by atoms with Crippen LogP contribution in [0.15, 0.2) is 29.1 Å². The third-order valence-corrected chi connectivity index (χ3v) is 2.43. The second kappa shape index (κ2) is 3.90. The number of aryl methyl sites for hydroxylation is 2. The van der Waals surface area contributed by atoms with Crippen LogP contribution in [0, 0.1) is 6.92 Å². The van der Waals surface area contributed by atoms with Crippen molar-refractivity contribution < 1.29 is 4.42 Å². The van der Waals surface area contributed by atoms with Crippen molar-refractivity contribution in [3.05, 3.63) is 41.6 Å². The molecule has 4 nitrogen and oxygen atoms in total. The number of hydrogen-bond donors (Lipinski definition) is 1. The van der Waals surface area contributed by atoms with Crippen LogP contribution in [0.5, 0.6) is 0 Å². The lowest BCUT2D eigenvalue weighted by atomic mass is 10.1. The van der Waals surface area contributed by atoms with Gasteiger partial charge in [0.25, 0.3) is 0 Å². The van der Waals surface area contributed by atoms with Gasteiger partial charge in [-0.25, -0.2) is 0 Å². The Bertz CT molecular complexity index is 404. The minimum Gasteiger partial charge on any atom is -0.469 e. The normalized spacial score (nSPS) is 13.0. The average Bonchev–Trinajstić information content (AvgIpc) is 2.78. The highest BCUT2D eigenvalue weighted by Crippen LogP contribution is 2.22. The Hall–Kier alpha value is -1.55. The van der Waals surface area contributed by atoms with Gasteiger partial charge in [-0.1, -0.05) is 0 Å². The summed E-state index contributed by atoms with van der Waals surface area (Å²) in [5, 5.41) is 7.41. The van der Waals surface area contributed by atoms with Crippen molar-refractivity contribution in [1.82, 2.24) is 15.1 Å². The van der Waals surface area contributed by atoms with Gasteiger partial charge in [-0.2, -0.15) is 5.10 Å². The summed E-state index contributed by atoms with van der Waals surface area (Å²) in [4.78, 5) is 0. The van der Waals surface area contributed by atoms with Crippen molar-refractivity contribution in [3.63, 3.8) is 0 Å². The summed E-state index contributed by atoms with van der Waals surface area (Å²) >= 11 is 0. The third kappa shape index (κ3) is 1.94. The number of nitrogens with zero attached hydrogens (tertiary/aromatic N) is 2. The minimum absolute atomic E-state index is 0.149. The van der Waals surface area contributed by atoms with Crippen molar-refractivity contribution in [3.8, 4) is 0 Å². The maximum Gasteiger partial charge on any atom is 0.101 e. The van der Waals surface area contributed by atoms with Gasteiger partial charge in [0.15, 0.2) is 0 Å². The molecule has 0 aliphatic heterocycles. The zero-order valence-corrected chi connectivity index (χ0v) is 9.19. The maximum atomic E-state index is 5.31. The highest BCUT2D eigenvalue weighted by Gasteiger charge is 2.15. The topological polar surface area (TPSA) is 43.0 Å². The first kappa shape index (κ1) is 9.98. The lowest BCUT2D eigenvalue weighted by Crippen LogP contribution is -2.16. The molecule has 1 atom stereocenters. The SMILES string of the molecule is CNC(c1coc(C)c1)c1cnn(C)c1. The molecular weight excluding hydrogens is 190 g/mol. The third-order valence-electron chi connectivity index (χ3n) is 2.43. The van der Waals surface area contributed by atoms with Crippen LogP contribution in [0.2, 0.25) is 0 Å². The number of nitrogens with one attached hydrogen (secondary N) is 1. The van der Waals surface area contributed by atoms with Crippen LogP contribution in [0.4, 0.5) is 0 Å². The summed E-state index contributed by atoms with van der Waals surface area (Å²) in [6.07, 6.45) is 5.65. The first-order valence-corrected chi connectivity index (χ1v) is 4.91. The van der Waals surface area contributed by atoms with Gasteiger partial charge >= 0.3 is 0 Å². The molecule has 0 bridgehead atoms. The van der Waals surface area contributed by atoms with Crippen LogP contribution in [0.1, 0.15) is 22.9 Å². The van der Waals surface area contributed by atoms with Crippen LogP contribution in [0.25, 0.3) is 0 Å². The summed E-state index contributed by atoms with van der Waals surface area (Å²) in [7, 11) is 3.84. The molecule has 0 fully saturated rings. The standard InChI is InChI=1S/C11H15N3O/c1-8-4-9(7-15-8)11(12-2)10-5-13-14(3)6-10/h4-7,11-12H,1-3H3. The molecule has 1 N–H and O–H groups in total. The van der Waals surface area contributed by atoms with E-state index >= 15 is 0 Å². The van der Waals surface area contributed by atoms with Gasteiger partial charge in [0.2, 0.25) is 0 Å². The first-order chi connectivity index (χ1) is 7.20. The molecule has 0 saturated heterocycles. The molecule has 0 aromatic carbocycles. The van der Waals surface area contributed by atoms with E-state index in [1.54, 1.807) is 10.9 Å². The van der Waals surface area contributed by atoms with E-state index in [1.165, 1.54) is 0 Å². The first-order valence-electron chi connectivity index (χ1n) is 4.91. The smallest absolute Gasteiger partial charge is 0.101 e. The van der Waals surface area contributed by atoms with E-state index in [0.717, 1.165) is 16.9 Å². The molecule has 0 spiro atoms. The van der Waals surface area contributed by atoms with Gasteiger partial charge in [-0.05, 0) is 20.0 Å². The average molecular weight is 205 g/mol. The Morgan fingerprint density at radius 2 is 2.27 bits per heavy atom. The quantitative estimate of drug-likeness (QED) is 0.828. The van der Waals surface area contributed by atoms with Crippen molar-refractivity contribution in [2.75, 3.05) is 7.05 Å². The van der Waals surface area contributed by atoms with Crippen LogP contribution in [-0.2, 0) is 7.05 Å². The van der Waals surface area contributed by atoms with Gasteiger partial charge in [0.1, 0.15) is 5.76 Å². The Morgan fingerprint density at radius 1 is 1.47 bits per heavy atom. The fourth-order valence-corrected chi connectivity index (χ4v) is 1.73. The molecule has 1 unspecified atom stereocenters. The van der Waals surface area contributed by atoms with E-state index in [9.17, 15) is 0 Å². The number of furan rings is 1. The fraction of sp³-hybridized carbons (Fsp3) is 0.364. The zero-order valence-electron chi connectivity index (χ0n) is 9.19. The zero-order chi connectivity index (χ0) is 10.8. The van der Waals surface area contributed by atoms with Crippen LogP contribution >= 0.6 is 0 Å². The summed E-state index contributed by atoms with van der Waals surface area (Å²) in [5.74, 6) is 0.925. The van der Waals surface area contributed by atoms with Crippen molar-refractivity contribution in [2.45, 2.75) is 13.0 Å². The monoisotopic (exact) mass is 205 g/mol. The molecule has 0 radical (unpaired) electrons. The molecule has 80 valence electrons. The van der Waals surface area contributed by atoms with Gasteiger partial charge in [0.05, 0.1) is 18.5 Å². The lowest BCUT2D eigenvalue weighted by Gasteiger charge is -2.11. The largest absolute Gasteiger partial charge is 0.469 e. The number of rotatable bonds is 3. The van der Waals surface area contributed by atoms with Gasteiger partial charge in [-0.3, -0.25) is 4.68 Å². The highest BCUT2D eigenvalue weighted by molar-refractivity contribution is 5.27. The molecule has 4 heteroatoms. The molecule has 0 amide bonds. The summed E-state index contributed by atoms with van der Waals surface area (Å²) in [6.45, 7) is 1.94. The van der Waals surface area contributed by atoms with E-state index in [1.807, 2.05) is 39.5 Å². The molecule has 2 aromatic heterocycles. The number of aromatic nitrogens is 2. The molecule has 0 saturated carbocycles. The fourth-order valence-electron chi connectivity index (χ4n) is 1.73. The second-order valence-electron chi connectivity index (χ2n) is 3.66. The highest BCUT2D eigenvalue weighted by atomic mass is 16.3. The summed E-state index contributed by atoms with van der Waals surface area (Å²) in [6, 6.07) is 2.19. The molecule has 2 aromatic rings. The van der Waals surface area contributed by atoms with E-state index in [0.29, 0.717) is 0 Å². The summed E-state index contributed by atoms with van der Waals surface area (Å²) in [5.41, 5.74) is 2.27. The van der Waals surface area contributed by atoms with E-state index in [-0.39, 0.29) is 6.04 Å². The van der Waals surface area contributed by atoms with Crippen molar-refractivity contribution in [2.24, 2.45) is 7.05 Å². The Morgan fingerprint density at radius 3 is 2.73 bits per heavy atom. The summed E-state index contributed by atoms with van der Waals surface area (Å²) < 4.78 is 7.11. The Balaban J connectivity index is 2.32. The van der Waals surface area contributed by atoms with Crippen LogP contribution in [-0.4, -0.2) is 16.8 Å². The van der Waals surface area contributed by atoms with Crippen molar-refractivity contribution >= 4 is 0 Å². The number of hydrogen-bond acceptors (Lipinski definition) is 3. The van der Waals surface area contributed by atoms with Gasteiger partial charge < -0.3 is 9.73 Å². The van der Waals surface area contributed by atoms with Gasteiger partial charge in [-0.15, -0.1) is 0 Å². The lowest BCUT2D eigenvalue weighted by molar-refractivity contribution is 0.528. The predicted molar refractivity (Wildman–Crippen MR) is 57.6 cm³/mol. The molecule has 2 rings (SSSR count). The van der Waals surface area contributed by atoms with Gasteiger partial charge in [0, 0.05) is 24.4 Å². The minimum atomic E-state index is 0.149. The van der Waals surface area contributed by atoms with E-state index < -0.39 is 0 Å². The van der Waals surface area contributed by atoms with E-state index in [4.69, 9.17) is 4.42 Å². The predicted octanol–water partition coefficient (Wildman–Crippen LogP) is 1.63. The van der Waals surface area contributed by atoms with Crippen LogP contribution < -0.4 is 5.32 Å².